The molecule has 5 amide bonds. The van der Waals surface area contributed by atoms with Gasteiger partial charge in [0.05, 0.1) is 12.2 Å². The first-order chi connectivity index (χ1) is 26.2. The van der Waals surface area contributed by atoms with E-state index in [1.165, 1.54) is 0 Å². The number of aromatic amines is 1. The molecule has 0 radical (unpaired) electrons. The quantitative estimate of drug-likeness (QED) is 0.225. The summed E-state index contributed by atoms with van der Waals surface area (Å²) < 4.78 is 10.8. The Labute approximate surface area is 331 Å². The van der Waals surface area contributed by atoms with Crippen LogP contribution in [0.25, 0.3) is 0 Å². The van der Waals surface area contributed by atoms with Crippen LogP contribution in [0, 0.1) is 23.7 Å². The zero-order valence-electron chi connectivity index (χ0n) is 34.7. The van der Waals surface area contributed by atoms with Crippen molar-refractivity contribution in [1.29, 1.82) is 0 Å². The second-order valence-corrected chi connectivity index (χ2v) is 17.3. The molecule has 4 atom stereocenters. The van der Waals surface area contributed by atoms with Gasteiger partial charge in [0.1, 0.15) is 40.8 Å². The fourth-order valence-electron chi connectivity index (χ4n) is 6.78. The van der Waals surface area contributed by atoms with Crippen molar-refractivity contribution < 1.29 is 33.4 Å². The first kappa shape index (κ1) is 43.7. The maximum Gasteiger partial charge on any atom is 0.408 e. The van der Waals surface area contributed by atoms with Crippen LogP contribution in [-0.4, -0.2) is 98.6 Å². The third-order valence-corrected chi connectivity index (χ3v) is 9.50. The summed E-state index contributed by atoms with van der Waals surface area (Å²) in [7, 11) is 0. The number of alkyl carbamates (subject to hydrolysis) is 2. The standard InChI is InChI=1S/C42H61N7O7/c1-26(2)33(46-39(53)55-41(5,6)7)37(51)48-23-11-13-31(48)35-44-25-30(45-35)20-19-28-15-17-29(18-16-28)21-22-43-36(50)32-14-12-24-49(32)38(52)34(27(3)4)47-40(54)56-42(8,9)10/h15-18,25-27,31-34H,11-14,21-24H2,1-10H3,(H,43,50)(H,44,45)(H,46,53)(H,47,54)/t31-,32-,33+,34+/m0/s1. The zero-order valence-corrected chi connectivity index (χ0v) is 34.7. The summed E-state index contributed by atoms with van der Waals surface area (Å²) in [5.41, 5.74) is 1.08. The molecule has 4 rings (SSSR count). The molecule has 2 aromatic rings. The van der Waals surface area contributed by atoms with E-state index in [1.807, 2.05) is 52.0 Å². The summed E-state index contributed by atoms with van der Waals surface area (Å²) in [5.74, 6) is 5.95. The van der Waals surface area contributed by atoms with Crippen LogP contribution in [-0.2, 0) is 30.3 Å². The summed E-state index contributed by atoms with van der Waals surface area (Å²) in [6.45, 7) is 19.5. The molecule has 14 nitrogen and oxygen atoms in total. The highest BCUT2D eigenvalue weighted by molar-refractivity contribution is 5.92. The average molecular weight is 776 g/mol. The number of carbonyl (C=O) groups is 5. The average Bonchev–Trinajstić information content (AvgIpc) is 3.88. The molecule has 0 aliphatic carbocycles. The van der Waals surface area contributed by atoms with Crippen LogP contribution in [0.4, 0.5) is 9.59 Å². The lowest BCUT2D eigenvalue weighted by Gasteiger charge is -2.31. The number of benzene rings is 1. The first-order valence-electron chi connectivity index (χ1n) is 19.8. The van der Waals surface area contributed by atoms with Gasteiger partial charge in [-0.1, -0.05) is 45.7 Å². The van der Waals surface area contributed by atoms with Gasteiger partial charge in [-0.3, -0.25) is 14.4 Å². The molecule has 3 heterocycles. The normalized spacial score (nSPS) is 18.2. The van der Waals surface area contributed by atoms with E-state index >= 15 is 0 Å². The predicted molar refractivity (Wildman–Crippen MR) is 212 cm³/mol. The smallest absolute Gasteiger partial charge is 0.408 e. The predicted octanol–water partition coefficient (Wildman–Crippen LogP) is 5.22. The number of rotatable bonds is 11. The van der Waals surface area contributed by atoms with Gasteiger partial charge >= 0.3 is 12.2 Å². The van der Waals surface area contributed by atoms with Crippen molar-refractivity contribution in [2.75, 3.05) is 19.6 Å². The van der Waals surface area contributed by atoms with Crippen LogP contribution in [0.2, 0.25) is 0 Å². The van der Waals surface area contributed by atoms with Crippen LogP contribution in [0.5, 0.6) is 0 Å². The fraction of sp³-hybridized carbons (Fsp3) is 0.619. The number of aromatic nitrogens is 2. The van der Waals surface area contributed by atoms with E-state index < -0.39 is 41.5 Å². The second kappa shape index (κ2) is 18.7. The number of nitrogens with zero attached hydrogens (tertiary/aromatic N) is 3. The van der Waals surface area contributed by atoms with E-state index in [0.29, 0.717) is 50.4 Å². The molecular weight excluding hydrogens is 715 g/mol. The van der Waals surface area contributed by atoms with Crippen molar-refractivity contribution in [1.82, 2.24) is 35.7 Å². The molecule has 2 saturated heterocycles. The van der Waals surface area contributed by atoms with Crippen LogP contribution in [0.3, 0.4) is 0 Å². The number of imidazole rings is 1. The molecule has 2 aliphatic rings. The lowest BCUT2D eigenvalue weighted by Crippen LogP contribution is -2.55. The molecule has 0 spiro atoms. The Morgan fingerprint density at radius 3 is 1.89 bits per heavy atom. The van der Waals surface area contributed by atoms with Crippen molar-refractivity contribution in [2.45, 2.75) is 137 Å². The van der Waals surface area contributed by atoms with Crippen molar-refractivity contribution >= 4 is 29.9 Å². The Bertz CT molecular complexity index is 1760. The second-order valence-electron chi connectivity index (χ2n) is 17.3. The van der Waals surface area contributed by atoms with E-state index in [0.717, 1.165) is 24.0 Å². The van der Waals surface area contributed by atoms with Gasteiger partial charge in [-0.2, -0.15) is 0 Å². The number of carbonyl (C=O) groups excluding carboxylic acids is 5. The highest BCUT2D eigenvalue weighted by Crippen LogP contribution is 2.31. The van der Waals surface area contributed by atoms with E-state index in [1.54, 1.807) is 57.5 Å². The summed E-state index contributed by atoms with van der Waals surface area (Å²) in [5, 5.41) is 8.46. The topological polar surface area (TPSA) is 175 Å². The molecule has 1 aromatic carbocycles. The van der Waals surface area contributed by atoms with Crippen molar-refractivity contribution in [3.8, 4) is 11.8 Å². The number of ether oxygens (including phenoxy) is 2. The van der Waals surface area contributed by atoms with Gasteiger partial charge in [0.15, 0.2) is 0 Å². The van der Waals surface area contributed by atoms with Gasteiger partial charge in [-0.25, -0.2) is 14.6 Å². The number of H-pyrrole nitrogens is 1. The highest BCUT2D eigenvalue weighted by Gasteiger charge is 2.40. The van der Waals surface area contributed by atoms with Crippen molar-refractivity contribution in [2.24, 2.45) is 11.8 Å². The molecule has 2 fully saturated rings. The number of hydrogen-bond acceptors (Lipinski definition) is 8. The minimum absolute atomic E-state index is 0.139. The van der Waals surface area contributed by atoms with Gasteiger partial charge in [-0.05, 0) is 109 Å². The molecule has 4 N–H and O–H groups in total. The molecule has 56 heavy (non-hydrogen) atoms. The monoisotopic (exact) mass is 775 g/mol. The maximum atomic E-state index is 13.7. The van der Waals surface area contributed by atoms with E-state index in [-0.39, 0.29) is 35.6 Å². The van der Waals surface area contributed by atoms with E-state index in [4.69, 9.17) is 9.47 Å². The van der Waals surface area contributed by atoms with Crippen molar-refractivity contribution in [3.63, 3.8) is 0 Å². The summed E-state index contributed by atoms with van der Waals surface area (Å²) in [6.07, 6.45) is 3.81. The van der Waals surface area contributed by atoms with Gasteiger partial charge in [0.2, 0.25) is 17.7 Å². The molecule has 0 bridgehead atoms. The van der Waals surface area contributed by atoms with Gasteiger partial charge in [-0.15, -0.1) is 0 Å². The lowest BCUT2D eigenvalue weighted by atomic mass is 10.0. The summed E-state index contributed by atoms with van der Waals surface area (Å²) >= 11 is 0. The van der Waals surface area contributed by atoms with Crippen LogP contribution >= 0.6 is 0 Å². The molecule has 2 aliphatic heterocycles. The van der Waals surface area contributed by atoms with Crippen molar-refractivity contribution in [3.05, 3.63) is 53.1 Å². The number of nitrogens with one attached hydrogen (secondary N) is 4. The minimum Gasteiger partial charge on any atom is -0.444 e. The summed E-state index contributed by atoms with van der Waals surface area (Å²) in [6, 6.07) is 5.39. The largest absolute Gasteiger partial charge is 0.444 e. The number of amides is 5. The van der Waals surface area contributed by atoms with Crippen LogP contribution < -0.4 is 16.0 Å². The lowest BCUT2D eigenvalue weighted by molar-refractivity contribution is -0.140. The molecule has 0 saturated carbocycles. The third-order valence-electron chi connectivity index (χ3n) is 9.50. The Kier molecular flexibility index (Phi) is 14.6. The Hall–Kier alpha value is -5.06. The van der Waals surface area contributed by atoms with Crippen LogP contribution in [0.1, 0.15) is 124 Å². The van der Waals surface area contributed by atoms with Gasteiger partial charge in [0, 0.05) is 25.2 Å². The Balaban J connectivity index is 1.29. The Morgan fingerprint density at radius 1 is 0.804 bits per heavy atom. The minimum atomic E-state index is -0.803. The molecule has 0 unspecified atom stereocenters. The van der Waals surface area contributed by atoms with E-state index in [2.05, 4.69) is 37.8 Å². The first-order valence-corrected chi connectivity index (χ1v) is 19.8. The molecule has 1 aromatic heterocycles. The number of likely N-dealkylation sites (tertiary alicyclic amines) is 2. The SMILES string of the molecule is CC(C)[C@@H](NC(=O)OC(C)(C)C)C(=O)N1CCC[C@H]1C(=O)NCCc1ccc(C#Cc2cnc([C@@H]3CCCN3C(=O)[C@H](NC(=O)OC(C)(C)C)C(C)C)[nH]2)cc1. The van der Waals surface area contributed by atoms with E-state index in [9.17, 15) is 24.0 Å². The van der Waals surface area contributed by atoms with Gasteiger partial charge in [0.25, 0.3) is 0 Å². The fourth-order valence-corrected chi connectivity index (χ4v) is 6.78. The molecular formula is C42H61N7O7. The van der Waals surface area contributed by atoms with Crippen LogP contribution in [0.15, 0.2) is 30.5 Å². The zero-order chi connectivity index (χ0) is 41.4. The number of hydrogen-bond donors (Lipinski definition) is 4. The molecule has 306 valence electrons. The van der Waals surface area contributed by atoms with Gasteiger partial charge < -0.3 is 40.2 Å². The third kappa shape index (κ3) is 12.5. The highest BCUT2D eigenvalue weighted by atomic mass is 16.6. The summed E-state index contributed by atoms with van der Waals surface area (Å²) in [4.78, 5) is 76.5. The maximum absolute atomic E-state index is 13.7. The Morgan fingerprint density at radius 2 is 1.34 bits per heavy atom. The molecule has 14 heteroatoms.